The molecule has 0 spiro atoms. The highest BCUT2D eigenvalue weighted by Gasteiger charge is 1.90. The van der Waals surface area contributed by atoms with E-state index in [1.165, 1.54) is 22.7 Å². The molecule has 4 heteroatoms. The molecule has 1 heterocycles. The van der Waals surface area contributed by atoms with Crippen molar-refractivity contribution in [3.8, 4) is 0 Å². The summed E-state index contributed by atoms with van der Waals surface area (Å²) in [6.45, 7) is 0.0246. The Balaban J connectivity index is 2.76. The molecule has 0 aliphatic heterocycles. The van der Waals surface area contributed by atoms with E-state index in [1.807, 2.05) is 0 Å². The molecule has 0 amide bonds. The number of hydrogen-bond donors (Lipinski definition) is 1. The van der Waals surface area contributed by atoms with Crippen LogP contribution in [-0.4, -0.2) is 11.7 Å². The van der Waals surface area contributed by atoms with Gasteiger partial charge in [-0.3, -0.25) is 4.79 Å². The predicted molar refractivity (Wildman–Crippen MR) is 44.6 cm³/mol. The lowest BCUT2D eigenvalue weighted by Gasteiger charge is -1.77. The standard InChI is InChI=1S/C6H6O2S2/c7-3-1-2-5-4-9-6(8)10-5/h1-2,4,7H,3H2/b2-1+. The van der Waals surface area contributed by atoms with Gasteiger partial charge in [0.25, 0.3) is 4.06 Å². The molecule has 1 rings (SSSR count). The van der Waals surface area contributed by atoms with Crippen LogP contribution in [0.3, 0.4) is 0 Å². The maximum atomic E-state index is 10.6. The second-order valence-electron chi connectivity index (χ2n) is 1.58. The smallest absolute Gasteiger partial charge is 0.287 e. The average molecular weight is 174 g/mol. The maximum Gasteiger partial charge on any atom is 0.287 e. The molecule has 0 saturated heterocycles. The van der Waals surface area contributed by atoms with E-state index in [0.29, 0.717) is 0 Å². The SMILES string of the molecule is O=c1scc(/C=C/CO)s1. The fourth-order valence-electron chi connectivity index (χ4n) is 0.493. The highest BCUT2D eigenvalue weighted by Crippen LogP contribution is 2.08. The average Bonchev–Trinajstić information content (AvgIpc) is 2.31. The Labute approximate surface area is 66.1 Å². The molecule has 2 nitrogen and oxygen atoms in total. The topological polar surface area (TPSA) is 37.3 Å². The van der Waals surface area contributed by atoms with E-state index in [-0.39, 0.29) is 10.7 Å². The third-order valence-electron chi connectivity index (χ3n) is 0.860. The predicted octanol–water partition coefficient (Wildman–Crippen LogP) is 1.18. The first-order chi connectivity index (χ1) is 4.83. The van der Waals surface area contributed by atoms with Crippen molar-refractivity contribution in [2.45, 2.75) is 0 Å². The van der Waals surface area contributed by atoms with Crippen molar-refractivity contribution < 1.29 is 5.11 Å². The van der Waals surface area contributed by atoms with Gasteiger partial charge in [-0.25, -0.2) is 0 Å². The van der Waals surface area contributed by atoms with Gasteiger partial charge in [0.15, 0.2) is 0 Å². The first kappa shape index (κ1) is 7.65. The van der Waals surface area contributed by atoms with E-state index < -0.39 is 0 Å². The summed E-state index contributed by atoms with van der Waals surface area (Å²) < 4.78 is 0.0950. The Bertz CT molecular complexity index is 271. The van der Waals surface area contributed by atoms with Gasteiger partial charge < -0.3 is 5.11 Å². The summed E-state index contributed by atoms with van der Waals surface area (Å²) >= 11 is 2.38. The Kier molecular flexibility index (Phi) is 2.80. The first-order valence-corrected chi connectivity index (χ1v) is 4.38. The van der Waals surface area contributed by atoms with Crippen molar-refractivity contribution in [1.29, 1.82) is 0 Å². The number of aliphatic hydroxyl groups excluding tert-OH is 1. The second-order valence-corrected chi connectivity index (χ2v) is 3.72. The van der Waals surface area contributed by atoms with Gasteiger partial charge >= 0.3 is 0 Å². The molecule has 0 aliphatic carbocycles. The number of rotatable bonds is 2. The normalized spacial score (nSPS) is 10.9. The molecular formula is C6H6O2S2. The van der Waals surface area contributed by atoms with Crippen LogP contribution in [0, 0.1) is 0 Å². The molecule has 0 aromatic carbocycles. The summed E-state index contributed by atoms with van der Waals surface area (Å²) in [4.78, 5) is 11.5. The molecule has 0 fully saturated rings. The van der Waals surface area contributed by atoms with Crippen LogP contribution in [-0.2, 0) is 0 Å². The number of aliphatic hydroxyl groups is 1. The molecule has 0 atom stereocenters. The van der Waals surface area contributed by atoms with Crippen LogP contribution < -0.4 is 4.06 Å². The molecule has 0 radical (unpaired) electrons. The second kappa shape index (κ2) is 3.65. The Morgan fingerprint density at radius 2 is 2.50 bits per heavy atom. The minimum atomic E-state index is 0.0246. The van der Waals surface area contributed by atoms with Gasteiger partial charge in [-0.15, -0.1) is 0 Å². The first-order valence-electron chi connectivity index (χ1n) is 2.69. The van der Waals surface area contributed by atoms with E-state index in [2.05, 4.69) is 0 Å². The monoisotopic (exact) mass is 174 g/mol. The van der Waals surface area contributed by atoms with Gasteiger partial charge in [-0.2, -0.15) is 0 Å². The highest BCUT2D eigenvalue weighted by atomic mass is 32.2. The van der Waals surface area contributed by atoms with Gasteiger partial charge in [-0.1, -0.05) is 28.7 Å². The quantitative estimate of drug-likeness (QED) is 0.731. The zero-order chi connectivity index (χ0) is 7.40. The molecular weight excluding hydrogens is 168 g/mol. The summed E-state index contributed by atoms with van der Waals surface area (Å²) in [5.41, 5.74) is 0. The van der Waals surface area contributed by atoms with Crippen molar-refractivity contribution >= 4 is 28.7 Å². The third-order valence-corrected chi connectivity index (χ3v) is 2.77. The molecule has 0 saturated carbocycles. The van der Waals surface area contributed by atoms with Crippen LogP contribution in [0.4, 0.5) is 0 Å². The van der Waals surface area contributed by atoms with Crippen molar-refractivity contribution in [2.75, 3.05) is 6.61 Å². The molecule has 0 unspecified atom stereocenters. The van der Waals surface area contributed by atoms with Gasteiger partial charge in [0.2, 0.25) is 0 Å². The summed E-state index contributed by atoms with van der Waals surface area (Å²) in [6, 6.07) is 0. The lowest BCUT2D eigenvalue weighted by atomic mass is 10.5. The van der Waals surface area contributed by atoms with Crippen LogP contribution in [0.25, 0.3) is 6.08 Å². The van der Waals surface area contributed by atoms with Gasteiger partial charge in [-0.05, 0) is 6.08 Å². The van der Waals surface area contributed by atoms with E-state index in [4.69, 9.17) is 5.11 Å². The van der Waals surface area contributed by atoms with Gasteiger partial charge in [0.1, 0.15) is 0 Å². The molecule has 1 N–H and O–H groups in total. The van der Waals surface area contributed by atoms with Crippen molar-refractivity contribution in [3.63, 3.8) is 0 Å². The highest BCUT2D eigenvalue weighted by molar-refractivity contribution is 7.26. The molecule has 0 aliphatic rings. The van der Waals surface area contributed by atoms with Crippen LogP contribution in [0.5, 0.6) is 0 Å². The van der Waals surface area contributed by atoms with E-state index in [1.54, 1.807) is 17.5 Å². The summed E-state index contributed by atoms with van der Waals surface area (Å²) in [5.74, 6) is 0. The fourth-order valence-corrected chi connectivity index (χ4v) is 2.10. The Morgan fingerprint density at radius 1 is 1.70 bits per heavy atom. The van der Waals surface area contributed by atoms with E-state index in [0.717, 1.165) is 4.88 Å². The molecule has 0 bridgehead atoms. The van der Waals surface area contributed by atoms with Crippen LogP contribution in [0.1, 0.15) is 4.88 Å². The summed E-state index contributed by atoms with van der Waals surface area (Å²) in [6.07, 6.45) is 3.35. The summed E-state index contributed by atoms with van der Waals surface area (Å²) in [7, 11) is 0. The lowest BCUT2D eigenvalue weighted by molar-refractivity contribution is 0.343. The maximum absolute atomic E-state index is 10.6. The lowest BCUT2D eigenvalue weighted by Crippen LogP contribution is -1.74. The molecule has 1 aromatic heterocycles. The minimum Gasteiger partial charge on any atom is -0.392 e. The van der Waals surface area contributed by atoms with Crippen LogP contribution in [0.15, 0.2) is 16.3 Å². The Morgan fingerprint density at radius 3 is 3.00 bits per heavy atom. The van der Waals surface area contributed by atoms with E-state index in [9.17, 15) is 4.79 Å². The number of hydrogen-bond acceptors (Lipinski definition) is 4. The van der Waals surface area contributed by atoms with Crippen LogP contribution in [0.2, 0.25) is 0 Å². The zero-order valence-electron chi connectivity index (χ0n) is 5.11. The van der Waals surface area contributed by atoms with Crippen LogP contribution >= 0.6 is 22.7 Å². The molecule has 1 aromatic rings. The zero-order valence-corrected chi connectivity index (χ0v) is 6.74. The summed E-state index contributed by atoms with van der Waals surface area (Å²) in [5, 5.41) is 10.2. The van der Waals surface area contributed by atoms with Gasteiger partial charge in [0, 0.05) is 10.3 Å². The largest absolute Gasteiger partial charge is 0.392 e. The molecule has 10 heavy (non-hydrogen) atoms. The Hall–Kier alpha value is -0.450. The van der Waals surface area contributed by atoms with E-state index >= 15 is 0 Å². The third kappa shape index (κ3) is 2.06. The van der Waals surface area contributed by atoms with Crippen molar-refractivity contribution in [3.05, 3.63) is 25.2 Å². The molecule has 54 valence electrons. The van der Waals surface area contributed by atoms with Crippen molar-refractivity contribution in [1.82, 2.24) is 0 Å². The minimum absolute atomic E-state index is 0.0246. The fraction of sp³-hybridized carbons (Fsp3) is 0.167. The van der Waals surface area contributed by atoms with Crippen molar-refractivity contribution in [2.24, 2.45) is 0 Å². The van der Waals surface area contributed by atoms with Gasteiger partial charge in [0.05, 0.1) is 6.61 Å².